The van der Waals surface area contributed by atoms with Crippen LogP contribution in [-0.4, -0.2) is 18.3 Å². The van der Waals surface area contributed by atoms with Gasteiger partial charge < -0.3 is 20.8 Å². The van der Waals surface area contributed by atoms with E-state index in [1.54, 1.807) is 36.4 Å². The number of halogens is 1. The van der Waals surface area contributed by atoms with Crippen LogP contribution in [0.2, 0.25) is 0 Å². The summed E-state index contributed by atoms with van der Waals surface area (Å²) in [6.45, 7) is 19.5. The normalized spacial score (nSPS) is 14.9. The molecule has 178 valence electrons. The van der Waals surface area contributed by atoms with Gasteiger partial charge in [-0.05, 0) is 99.4 Å². The van der Waals surface area contributed by atoms with E-state index in [1.807, 2.05) is 47.6 Å². The average molecular weight is 523 g/mol. The molecule has 0 bridgehead atoms. The van der Waals surface area contributed by atoms with Crippen molar-refractivity contribution in [1.82, 2.24) is 0 Å². The molecule has 0 saturated carbocycles. The number of hydrogen-bond donors (Lipinski definition) is 2. The second kappa shape index (κ2) is 11.9. The van der Waals surface area contributed by atoms with Crippen LogP contribution in [0.4, 0.5) is 11.4 Å². The summed E-state index contributed by atoms with van der Waals surface area (Å²) < 4.78 is 12.2. The van der Waals surface area contributed by atoms with Gasteiger partial charge in [-0.2, -0.15) is 10.5 Å². The minimum absolute atomic E-state index is 0.239. The standard InChI is InChI=1S/C10H10N2.C9H17BO2.C7H5BrN2/c1-7(2)9-5-8(6-11)3-4-10(9)12;1-7(2)10-11-8(3,4)9(5,6)12-10;8-6-3-5(4-9)1-2-7(6)10/h3-5H,1,12H2,2H3;1H2,2-6H3;1-3H,10H2. The number of allylic oxidation sites excluding steroid dienone is 2. The van der Waals surface area contributed by atoms with Crippen molar-refractivity contribution in [3.8, 4) is 12.1 Å². The molecule has 6 nitrogen and oxygen atoms in total. The first-order valence-corrected chi connectivity index (χ1v) is 11.4. The second-order valence-corrected chi connectivity index (χ2v) is 9.83. The molecule has 0 amide bonds. The molecule has 2 aromatic rings. The van der Waals surface area contributed by atoms with Crippen molar-refractivity contribution in [1.29, 1.82) is 10.5 Å². The summed E-state index contributed by atoms with van der Waals surface area (Å²) in [4.78, 5) is 0. The molecule has 4 N–H and O–H groups in total. The third-order valence-electron chi connectivity index (χ3n) is 5.43. The molecular weight excluding hydrogens is 491 g/mol. The lowest BCUT2D eigenvalue weighted by Crippen LogP contribution is -2.41. The summed E-state index contributed by atoms with van der Waals surface area (Å²) in [6, 6.07) is 14.3. The minimum atomic E-state index is -0.241. The van der Waals surface area contributed by atoms with Crippen LogP contribution < -0.4 is 11.5 Å². The summed E-state index contributed by atoms with van der Waals surface area (Å²) in [5.41, 5.74) is 15.9. The monoisotopic (exact) mass is 522 g/mol. The zero-order valence-electron chi connectivity index (χ0n) is 20.7. The van der Waals surface area contributed by atoms with Gasteiger partial charge in [-0.3, -0.25) is 0 Å². The van der Waals surface area contributed by atoms with Crippen molar-refractivity contribution in [3.05, 3.63) is 76.2 Å². The molecular formula is C26H32BBrN4O2. The molecule has 0 radical (unpaired) electrons. The van der Waals surface area contributed by atoms with Gasteiger partial charge >= 0.3 is 7.12 Å². The number of hydrogen-bond acceptors (Lipinski definition) is 6. The number of nitrogens with two attached hydrogens (primary N) is 2. The maximum Gasteiger partial charge on any atom is 0.489 e. The van der Waals surface area contributed by atoms with Gasteiger partial charge in [0.25, 0.3) is 0 Å². The van der Waals surface area contributed by atoms with Crippen LogP contribution >= 0.6 is 15.9 Å². The van der Waals surface area contributed by atoms with Crippen molar-refractivity contribution in [3.63, 3.8) is 0 Å². The fourth-order valence-corrected chi connectivity index (χ4v) is 3.02. The van der Waals surface area contributed by atoms with Crippen LogP contribution in [0.25, 0.3) is 5.57 Å². The summed E-state index contributed by atoms with van der Waals surface area (Å²) >= 11 is 3.21. The van der Waals surface area contributed by atoms with Gasteiger partial charge in [-0.15, -0.1) is 6.58 Å². The number of nitriles is 2. The van der Waals surface area contributed by atoms with Gasteiger partial charge in [0.1, 0.15) is 0 Å². The predicted octanol–water partition coefficient (Wildman–Crippen LogP) is 6.27. The Hall–Kier alpha value is -3.04. The van der Waals surface area contributed by atoms with Gasteiger partial charge in [-0.25, -0.2) is 0 Å². The summed E-state index contributed by atoms with van der Waals surface area (Å²) in [6.07, 6.45) is 0. The lowest BCUT2D eigenvalue weighted by atomic mass is 9.81. The lowest BCUT2D eigenvalue weighted by Gasteiger charge is -2.32. The van der Waals surface area contributed by atoms with Gasteiger partial charge in [0.2, 0.25) is 0 Å². The molecule has 0 aliphatic carbocycles. The van der Waals surface area contributed by atoms with Crippen LogP contribution in [0.3, 0.4) is 0 Å². The number of anilines is 2. The van der Waals surface area contributed by atoms with Gasteiger partial charge in [0.05, 0.1) is 34.5 Å². The van der Waals surface area contributed by atoms with Gasteiger partial charge in [-0.1, -0.05) is 12.1 Å². The summed E-state index contributed by atoms with van der Waals surface area (Å²) in [5.74, 6) is 0. The highest BCUT2D eigenvalue weighted by Gasteiger charge is 2.51. The fraction of sp³-hybridized carbons (Fsp3) is 0.308. The first kappa shape index (κ1) is 29.0. The van der Waals surface area contributed by atoms with E-state index in [4.69, 9.17) is 31.3 Å². The van der Waals surface area contributed by atoms with Crippen molar-refractivity contribution >= 4 is 40.0 Å². The molecule has 0 spiro atoms. The van der Waals surface area contributed by atoms with E-state index in [9.17, 15) is 0 Å². The molecule has 8 heteroatoms. The van der Waals surface area contributed by atoms with Crippen molar-refractivity contribution in [2.24, 2.45) is 0 Å². The Morgan fingerprint density at radius 3 is 1.68 bits per heavy atom. The topological polar surface area (TPSA) is 118 Å². The zero-order valence-corrected chi connectivity index (χ0v) is 22.3. The third-order valence-corrected chi connectivity index (χ3v) is 6.11. The quantitative estimate of drug-likeness (QED) is 0.354. The average Bonchev–Trinajstić information content (AvgIpc) is 2.98. The van der Waals surface area contributed by atoms with Gasteiger partial charge in [0.15, 0.2) is 0 Å². The molecule has 34 heavy (non-hydrogen) atoms. The molecule has 1 saturated heterocycles. The second-order valence-electron chi connectivity index (χ2n) is 8.98. The molecule has 1 heterocycles. The molecule has 1 aliphatic rings. The van der Waals surface area contributed by atoms with E-state index in [1.165, 1.54) is 0 Å². The van der Waals surface area contributed by atoms with Crippen LogP contribution in [0.1, 0.15) is 58.2 Å². The minimum Gasteiger partial charge on any atom is -0.400 e. The lowest BCUT2D eigenvalue weighted by molar-refractivity contribution is 0.00578. The molecule has 2 aromatic carbocycles. The summed E-state index contributed by atoms with van der Waals surface area (Å²) in [7, 11) is -0.241. The largest absolute Gasteiger partial charge is 0.489 e. The highest BCUT2D eigenvalue weighted by atomic mass is 79.9. The van der Waals surface area contributed by atoms with Gasteiger partial charge in [0, 0.05) is 21.4 Å². The third kappa shape index (κ3) is 7.78. The number of nitrogens with zero attached hydrogens (tertiary/aromatic N) is 2. The SMILES string of the molecule is C=C(C)B1OC(C)(C)C(C)(C)O1.C=C(C)c1cc(C#N)ccc1N.N#Cc1ccc(N)c(Br)c1. The molecule has 1 aliphatic heterocycles. The van der Waals surface area contributed by atoms with Crippen molar-refractivity contribution in [2.75, 3.05) is 11.5 Å². The van der Waals surface area contributed by atoms with Crippen LogP contribution in [0, 0.1) is 22.7 Å². The Kier molecular flexibility index (Phi) is 10.1. The highest BCUT2D eigenvalue weighted by molar-refractivity contribution is 9.10. The molecule has 0 unspecified atom stereocenters. The highest BCUT2D eigenvalue weighted by Crippen LogP contribution is 2.38. The van der Waals surface area contributed by atoms with Crippen LogP contribution in [0.5, 0.6) is 0 Å². The van der Waals surface area contributed by atoms with Crippen LogP contribution in [0.15, 0.2) is 59.5 Å². The van der Waals surface area contributed by atoms with Crippen molar-refractivity contribution in [2.45, 2.75) is 52.7 Å². The van der Waals surface area contributed by atoms with E-state index in [2.05, 4.69) is 35.2 Å². The van der Waals surface area contributed by atoms with E-state index >= 15 is 0 Å². The Bertz CT molecular complexity index is 1130. The molecule has 0 atom stereocenters. The Morgan fingerprint density at radius 1 is 0.882 bits per heavy atom. The van der Waals surface area contributed by atoms with Crippen molar-refractivity contribution < 1.29 is 9.31 Å². The van der Waals surface area contributed by atoms with E-state index in [-0.39, 0.29) is 18.3 Å². The van der Waals surface area contributed by atoms with E-state index < -0.39 is 0 Å². The number of benzene rings is 2. The zero-order chi connectivity index (χ0) is 26.3. The number of rotatable bonds is 2. The Labute approximate surface area is 212 Å². The fourth-order valence-electron chi connectivity index (χ4n) is 2.64. The van der Waals surface area contributed by atoms with E-state index in [0.29, 0.717) is 22.5 Å². The molecule has 1 fully saturated rings. The molecule has 0 aromatic heterocycles. The predicted molar refractivity (Wildman–Crippen MR) is 144 cm³/mol. The Morgan fingerprint density at radius 2 is 1.32 bits per heavy atom. The Balaban J connectivity index is 0.000000256. The maximum absolute atomic E-state index is 8.61. The van der Waals surface area contributed by atoms with E-state index in [0.717, 1.165) is 21.1 Å². The summed E-state index contributed by atoms with van der Waals surface area (Å²) in [5, 5.41) is 17.1. The number of nitrogen functional groups attached to an aromatic ring is 2. The first-order valence-electron chi connectivity index (χ1n) is 10.6. The smallest absolute Gasteiger partial charge is 0.400 e. The molecule has 3 rings (SSSR count). The maximum atomic E-state index is 8.61. The van der Waals surface area contributed by atoms with Crippen LogP contribution in [-0.2, 0) is 9.31 Å². The first-order chi connectivity index (χ1) is 15.6.